The summed E-state index contributed by atoms with van der Waals surface area (Å²) in [4.78, 5) is 5.61. The molecule has 0 aliphatic heterocycles. The minimum Gasteiger partial charge on any atom is -0.399 e. The van der Waals surface area contributed by atoms with Crippen LogP contribution < -0.4 is 5.73 Å². The first-order valence-corrected chi connectivity index (χ1v) is 7.03. The molecule has 0 amide bonds. The summed E-state index contributed by atoms with van der Waals surface area (Å²) in [5.41, 5.74) is 8.40. The lowest BCUT2D eigenvalue weighted by molar-refractivity contribution is 0.391. The van der Waals surface area contributed by atoms with Gasteiger partial charge in [-0.05, 0) is 32.0 Å². The van der Waals surface area contributed by atoms with Crippen molar-refractivity contribution in [3.05, 3.63) is 29.7 Å². The average molecular weight is 277 g/mol. The fraction of sp³-hybridized carbons (Fsp3) is 0.167. The van der Waals surface area contributed by atoms with Crippen LogP contribution in [0.1, 0.15) is 11.5 Å². The summed E-state index contributed by atoms with van der Waals surface area (Å²) < 4.78 is 7.22. The number of aromatic nitrogens is 2. The molecule has 0 spiro atoms. The molecule has 0 aliphatic rings. The molecular formula is C12H11N3OS2. The summed E-state index contributed by atoms with van der Waals surface area (Å²) in [6, 6.07) is 5.76. The van der Waals surface area contributed by atoms with Gasteiger partial charge in [0.1, 0.15) is 5.76 Å². The Kier molecular flexibility index (Phi) is 2.76. The van der Waals surface area contributed by atoms with Crippen molar-refractivity contribution in [3.8, 4) is 0 Å². The van der Waals surface area contributed by atoms with Gasteiger partial charge >= 0.3 is 0 Å². The van der Waals surface area contributed by atoms with Crippen molar-refractivity contribution < 1.29 is 4.52 Å². The highest BCUT2D eigenvalue weighted by molar-refractivity contribution is 8.01. The van der Waals surface area contributed by atoms with Gasteiger partial charge in [0.2, 0.25) is 0 Å². The monoisotopic (exact) mass is 277 g/mol. The molecule has 3 rings (SSSR count). The molecule has 2 N–H and O–H groups in total. The van der Waals surface area contributed by atoms with Gasteiger partial charge in [-0.15, -0.1) is 11.3 Å². The topological polar surface area (TPSA) is 64.9 Å². The second-order valence-corrected chi connectivity index (χ2v) is 6.25. The summed E-state index contributed by atoms with van der Waals surface area (Å²) in [5.74, 6) is 0.830. The molecule has 0 radical (unpaired) electrons. The molecule has 4 nitrogen and oxygen atoms in total. The minimum atomic E-state index is 0.764. The van der Waals surface area contributed by atoms with Crippen LogP contribution in [0.3, 0.4) is 0 Å². The number of hydrogen-bond acceptors (Lipinski definition) is 6. The van der Waals surface area contributed by atoms with E-state index in [-0.39, 0.29) is 0 Å². The number of nitrogens with two attached hydrogens (primary N) is 1. The Morgan fingerprint density at radius 3 is 2.89 bits per heavy atom. The molecule has 2 aromatic heterocycles. The second-order valence-electron chi connectivity index (χ2n) is 3.96. The van der Waals surface area contributed by atoms with Crippen LogP contribution in [0.25, 0.3) is 10.2 Å². The summed E-state index contributed by atoms with van der Waals surface area (Å²) in [7, 11) is 0. The van der Waals surface area contributed by atoms with Gasteiger partial charge in [-0.2, -0.15) is 0 Å². The molecule has 1 aromatic carbocycles. The van der Waals surface area contributed by atoms with Gasteiger partial charge in [0.05, 0.1) is 20.8 Å². The van der Waals surface area contributed by atoms with Gasteiger partial charge in [0.25, 0.3) is 0 Å². The molecule has 18 heavy (non-hydrogen) atoms. The van der Waals surface area contributed by atoms with E-state index in [0.29, 0.717) is 0 Å². The zero-order chi connectivity index (χ0) is 12.7. The van der Waals surface area contributed by atoms with Gasteiger partial charge in [-0.1, -0.05) is 16.9 Å². The number of benzene rings is 1. The van der Waals surface area contributed by atoms with Crippen molar-refractivity contribution in [2.45, 2.75) is 23.1 Å². The Balaban J connectivity index is 2.00. The van der Waals surface area contributed by atoms with E-state index in [0.717, 1.165) is 36.6 Å². The molecule has 0 unspecified atom stereocenters. The highest BCUT2D eigenvalue weighted by atomic mass is 32.2. The number of thiazole rings is 1. The van der Waals surface area contributed by atoms with Crippen molar-refractivity contribution in [1.29, 1.82) is 0 Å². The zero-order valence-electron chi connectivity index (χ0n) is 9.93. The van der Waals surface area contributed by atoms with E-state index in [4.69, 9.17) is 10.3 Å². The van der Waals surface area contributed by atoms with Crippen LogP contribution in [-0.4, -0.2) is 10.1 Å². The Hall–Kier alpha value is -1.53. The number of rotatable bonds is 2. The quantitative estimate of drug-likeness (QED) is 0.724. The number of nitrogens with zero attached hydrogens (tertiary/aromatic N) is 2. The van der Waals surface area contributed by atoms with Crippen LogP contribution in [0, 0.1) is 13.8 Å². The van der Waals surface area contributed by atoms with Crippen molar-refractivity contribution in [2.24, 2.45) is 0 Å². The SMILES string of the molecule is Cc1noc(C)c1Sc1nc2ccc(N)cc2s1. The zero-order valence-corrected chi connectivity index (χ0v) is 11.6. The van der Waals surface area contributed by atoms with E-state index in [9.17, 15) is 0 Å². The number of hydrogen-bond donors (Lipinski definition) is 1. The van der Waals surface area contributed by atoms with Crippen molar-refractivity contribution >= 4 is 39.0 Å². The molecule has 0 bridgehead atoms. The summed E-state index contributed by atoms with van der Waals surface area (Å²) in [6.45, 7) is 3.85. The van der Waals surface area contributed by atoms with Gasteiger partial charge in [-0.25, -0.2) is 4.98 Å². The van der Waals surface area contributed by atoms with E-state index >= 15 is 0 Å². The normalized spacial score (nSPS) is 11.2. The van der Waals surface area contributed by atoms with E-state index < -0.39 is 0 Å². The molecular weight excluding hydrogens is 266 g/mol. The molecule has 92 valence electrons. The van der Waals surface area contributed by atoms with E-state index in [1.54, 1.807) is 23.1 Å². The lowest BCUT2D eigenvalue weighted by Crippen LogP contribution is -1.81. The molecule has 0 fully saturated rings. The Morgan fingerprint density at radius 2 is 2.17 bits per heavy atom. The fourth-order valence-electron chi connectivity index (χ4n) is 1.67. The molecule has 6 heteroatoms. The first-order valence-electron chi connectivity index (χ1n) is 5.40. The van der Waals surface area contributed by atoms with Gasteiger partial charge in [0.15, 0.2) is 4.34 Å². The maximum Gasteiger partial charge on any atom is 0.156 e. The summed E-state index contributed by atoms with van der Waals surface area (Å²) in [6.07, 6.45) is 0. The third-order valence-corrected chi connectivity index (χ3v) is 4.92. The second kappa shape index (κ2) is 4.29. The molecule has 2 heterocycles. The summed E-state index contributed by atoms with van der Waals surface area (Å²) in [5, 5.41) is 3.94. The predicted octanol–water partition coefficient (Wildman–Crippen LogP) is 3.63. The highest BCUT2D eigenvalue weighted by Gasteiger charge is 2.13. The fourth-order valence-corrected chi connectivity index (χ4v) is 3.79. The van der Waals surface area contributed by atoms with Crippen LogP contribution in [-0.2, 0) is 0 Å². The maximum atomic E-state index is 5.76. The predicted molar refractivity (Wildman–Crippen MR) is 74.1 cm³/mol. The number of fused-ring (bicyclic) bond motifs is 1. The van der Waals surface area contributed by atoms with Crippen LogP contribution in [0.15, 0.2) is 32.0 Å². The first-order chi connectivity index (χ1) is 8.63. The number of nitrogen functional groups attached to an aromatic ring is 1. The van der Waals surface area contributed by atoms with E-state index in [1.807, 2.05) is 32.0 Å². The first kappa shape index (κ1) is 11.6. The van der Waals surface area contributed by atoms with Crippen LogP contribution in [0.2, 0.25) is 0 Å². The Morgan fingerprint density at radius 1 is 1.33 bits per heavy atom. The molecule has 0 saturated heterocycles. The van der Waals surface area contributed by atoms with Gasteiger partial charge in [0, 0.05) is 5.69 Å². The molecule has 0 atom stereocenters. The Bertz CT molecular complexity index is 698. The lowest BCUT2D eigenvalue weighted by Gasteiger charge is -1.93. The van der Waals surface area contributed by atoms with E-state index in [2.05, 4.69) is 10.1 Å². The third-order valence-electron chi connectivity index (χ3n) is 2.55. The van der Waals surface area contributed by atoms with Crippen molar-refractivity contribution in [3.63, 3.8) is 0 Å². The Labute approximate surface area is 112 Å². The average Bonchev–Trinajstić information content (AvgIpc) is 2.86. The number of anilines is 1. The minimum absolute atomic E-state index is 0.764. The lowest BCUT2D eigenvalue weighted by atomic mass is 10.3. The standard InChI is InChI=1S/C12H11N3OS2/c1-6-11(7(2)16-15-6)18-12-14-9-4-3-8(13)5-10(9)17-12/h3-5H,13H2,1-2H3. The smallest absolute Gasteiger partial charge is 0.156 e. The summed E-state index contributed by atoms with van der Waals surface area (Å²) >= 11 is 3.22. The van der Waals surface area contributed by atoms with Crippen LogP contribution >= 0.6 is 23.1 Å². The van der Waals surface area contributed by atoms with Gasteiger partial charge in [-0.3, -0.25) is 0 Å². The third kappa shape index (κ3) is 1.97. The largest absolute Gasteiger partial charge is 0.399 e. The van der Waals surface area contributed by atoms with Crippen LogP contribution in [0.4, 0.5) is 5.69 Å². The number of aryl methyl sites for hydroxylation is 2. The van der Waals surface area contributed by atoms with Crippen molar-refractivity contribution in [1.82, 2.24) is 10.1 Å². The maximum absolute atomic E-state index is 5.76. The van der Waals surface area contributed by atoms with Crippen LogP contribution in [0.5, 0.6) is 0 Å². The highest BCUT2D eigenvalue weighted by Crippen LogP contribution is 2.37. The molecule has 0 saturated carbocycles. The van der Waals surface area contributed by atoms with E-state index in [1.165, 1.54) is 0 Å². The van der Waals surface area contributed by atoms with Gasteiger partial charge < -0.3 is 10.3 Å². The van der Waals surface area contributed by atoms with Crippen molar-refractivity contribution in [2.75, 3.05) is 5.73 Å². The molecule has 3 aromatic rings. The molecule has 0 aliphatic carbocycles.